The molecule has 0 aromatic heterocycles. The van der Waals surface area contributed by atoms with Crippen LogP contribution in [0.15, 0.2) is 23.1 Å². The third-order valence-electron chi connectivity index (χ3n) is 1.30. The molecule has 1 rings (SSSR count). The lowest BCUT2D eigenvalue weighted by molar-refractivity contribution is 0.351. The highest BCUT2D eigenvalue weighted by Crippen LogP contribution is 2.19. The largest absolute Gasteiger partial charge is 0.290 e. The zero-order chi connectivity index (χ0) is 9.35. The number of hydrogen-bond donors (Lipinski definition) is 0. The Morgan fingerprint density at radius 2 is 1.92 bits per heavy atom. The Balaban J connectivity index is 3.39. The zero-order valence-corrected chi connectivity index (χ0v) is 7.06. The van der Waals surface area contributed by atoms with E-state index in [1.165, 1.54) is 0 Å². The molecule has 1 radical (unpaired) electrons. The van der Waals surface area contributed by atoms with E-state index in [4.69, 9.17) is 0 Å². The predicted molar refractivity (Wildman–Crippen MR) is 39.6 cm³/mol. The average molecular weight is 189 g/mol. The van der Waals surface area contributed by atoms with Crippen LogP contribution in [0.1, 0.15) is 0 Å². The topological polar surface area (TPSA) is 54.0 Å². The highest BCUT2D eigenvalue weighted by Gasteiger charge is 2.13. The maximum Gasteiger partial charge on any atom is 0.181 e. The lowest BCUT2D eigenvalue weighted by Gasteiger charge is -1.98. The molecule has 0 N–H and O–H groups in total. The first-order valence-corrected chi connectivity index (χ1v) is 4.97. The lowest BCUT2D eigenvalue weighted by Crippen LogP contribution is -1.99. The van der Waals surface area contributed by atoms with Crippen LogP contribution in [0, 0.1) is 5.82 Å². The van der Waals surface area contributed by atoms with E-state index in [0.717, 1.165) is 18.4 Å². The summed E-state index contributed by atoms with van der Waals surface area (Å²) < 4.78 is 34.4. The van der Waals surface area contributed by atoms with Crippen molar-refractivity contribution in [3.63, 3.8) is 0 Å². The minimum absolute atomic E-state index is 0.442. The Morgan fingerprint density at radius 1 is 1.33 bits per heavy atom. The fraction of sp³-hybridized carbons (Fsp3) is 0.143. The van der Waals surface area contributed by atoms with Gasteiger partial charge in [-0.25, -0.2) is 12.8 Å². The van der Waals surface area contributed by atoms with Crippen LogP contribution in [0.3, 0.4) is 0 Å². The summed E-state index contributed by atoms with van der Waals surface area (Å²) in [5, 5.41) is 10.5. The Hall–Kier alpha value is -1.10. The normalized spacial score (nSPS) is 11.5. The van der Waals surface area contributed by atoms with Crippen molar-refractivity contribution in [2.45, 2.75) is 4.90 Å². The van der Waals surface area contributed by atoms with E-state index in [2.05, 4.69) is 0 Å². The van der Waals surface area contributed by atoms with Crippen LogP contribution in [0.4, 0.5) is 4.39 Å². The highest BCUT2D eigenvalue weighted by molar-refractivity contribution is 7.90. The number of hydrogen-bond acceptors (Lipinski definition) is 2. The van der Waals surface area contributed by atoms with Crippen molar-refractivity contribution in [2.24, 2.45) is 0 Å². The molecule has 5 heteroatoms. The molecule has 0 fully saturated rings. The van der Waals surface area contributed by atoms with Gasteiger partial charge in [0.25, 0.3) is 0 Å². The van der Waals surface area contributed by atoms with Crippen LogP contribution >= 0.6 is 0 Å². The van der Waals surface area contributed by atoms with Gasteiger partial charge in [0.05, 0.1) is 0 Å². The molecule has 0 atom stereocenters. The van der Waals surface area contributed by atoms with Gasteiger partial charge in [-0.3, -0.25) is 5.11 Å². The highest BCUT2D eigenvalue weighted by atomic mass is 32.2. The Morgan fingerprint density at radius 3 is 2.33 bits per heavy atom. The van der Waals surface area contributed by atoms with Gasteiger partial charge >= 0.3 is 0 Å². The summed E-state index contributed by atoms with van der Waals surface area (Å²) in [5.41, 5.74) is 0. The monoisotopic (exact) mass is 189 g/mol. The van der Waals surface area contributed by atoms with Gasteiger partial charge in [0, 0.05) is 12.3 Å². The van der Waals surface area contributed by atoms with Crippen LogP contribution in [-0.4, -0.2) is 14.7 Å². The van der Waals surface area contributed by atoms with Crippen molar-refractivity contribution >= 4 is 9.84 Å². The second-order valence-corrected chi connectivity index (χ2v) is 4.35. The molecule has 1 aromatic rings. The van der Waals surface area contributed by atoms with Crippen LogP contribution < -0.4 is 0 Å². The summed E-state index contributed by atoms with van der Waals surface area (Å²) in [6, 6.07) is 2.63. The van der Waals surface area contributed by atoms with Crippen molar-refractivity contribution in [2.75, 3.05) is 6.26 Å². The van der Waals surface area contributed by atoms with E-state index in [-0.39, 0.29) is 0 Å². The number of rotatable bonds is 1. The van der Waals surface area contributed by atoms with E-state index >= 15 is 0 Å². The molecule has 0 saturated carbocycles. The minimum Gasteiger partial charge on any atom is -0.290 e. The van der Waals surface area contributed by atoms with Gasteiger partial charge < -0.3 is 0 Å². The third-order valence-corrected chi connectivity index (χ3v) is 2.43. The molecule has 0 amide bonds. The third kappa shape index (κ3) is 1.73. The summed E-state index contributed by atoms with van der Waals surface area (Å²) in [7, 11) is -3.56. The second kappa shape index (κ2) is 2.75. The maximum atomic E-state index is 12.8. The number of benzene rings is 1. The molecular formula is C7H6FO3S. The van der Waals surface area contributed by atoms with Gasteiger partial charge in [-0.05, 0) is 12.1 Å². The van der Waals surface area contributed by atoms with E-state index in [1.54, 1.807) is 0 Å². The molecule has 0 aliphatic carbocycles. The number of halogens is 1. The Bertz CT molecular complexity index is 397. The first-order chi connectivity index (χ1) is 5.41. The molecular weight excluding hydrogens is 183 g/mol. The number of sulfone groups is 1. The van der Waals surface area contributed by atoms with Gasteiger partial charge in [-0.1, -0.05) is 0 Å². The first kappa shape index (κ1) is 8.99. The van der Waals surface area contributed by atoms with Crippen molar-refractivity contribution < 1.29 is 17.9 Å². The standard InChI is InChI=1S/C7H6FO3S/c1-12(10,11)7-3-2-5(9)4-6(7)8/h2-4H,1H3. The van der Waals surface area contributed by atoms with Crippen LogP contribution in [0.25, 0.3) is 0 Å². The van der Waals surface area contributed by atoms with Gasteiger partial charge in [0.1, 0.15) is 10.7 Å². The molecule has 65 valence electrons. The summed E-state index contributed by atoms with van der Waals surface area (Å²) in [6.07, 6.45) is 0.885. The van der Waals surface area contributed by atoms with E-state index in [9.17, 15) is 17.9 Å². The van der Waals surface area contributed by atoms with Crippen LogP contribution in [0.2, 0.25) is 0 Å². The summed E-state index contributed by atoms with van der Waals surface area (Å²) >= 11 is 0. The molecule has 0 heterocycles. The van der Waals surface area contributed by atoms with Crippen molar-refractivity contribution in [1.29, 1.82) is 0 Å². The predicted octanol–water partition coefficient (Wildman–Crippen LogP) is 1.37. The molecule has 0 unspecified atom stereocenters. The molecule has 12 heavy (non-hydrogen) atoms. The molecule has 0 saturated heterocycles. The molecule has 1 aromatic carbocycles. The molecule has 0 aliphatic rings. The van der Waals surface area contributed by atoms with E-state index in [0.29, 0.717) is 6.07 Å². The first-order valence-electron chi connectivity index (χ1n) is 3.08. The van der Waals surface area contributed by atoms with E-state index < -0.39 is 26.3 Å². The van der Waals surface area contributed by atoms with Gasteiger partial charge in [0.2, 0.25) is 0 Å². The molecule has 3 nitrogen and oxygen atoms in total. The summed E-state index contributed by atoms with van der Waals surface area (Å²) in [5.74, 6) is -1.54. The minimum atomic E-state index is -3.56. The van der Waals surface area contributed by atoms with Crippen molar-refractivity contribution in [3.05, 3.63) is 24.0 Å². The summed E-state index contributed by atoms with van der Waals surface area (Å²) in [6.45, 7) is 0. The summed E-state index contributed by atoms with van der Waals surface area (Å²) in [4.78, 5) is -0.442. The van der Waals surface area contributed by atoms with E-state index in [1.807, 2.05) is 0 Å². The quantitative estimate of drug-likeness (QED) is 0.670. The van der Waals surface area contributed by atoms with Crippen molar-refractivity contribution in [3.8, 4) is 5.75 Å². The smallest absolute Gasteiger partial charge is 0.181 e. The van der Waals surface area contributed by atoms with Gasteiger partial charge in [-0.15, -0.1) is 0 Å². The Kier molecular flexibility index (Phi) is 2.06. The fourth-order valence-electron chi connectivity index (χ4n) is 0.782. The molecule has 0 bridgehead atoms. The molecule has 0 aliphatic heterocycles. The van der Waals surface area contributed by atoms with Gasteiger partial charge in [-0.2, -0.15) is 0 Å². The fourth-order valence-corrected chi connectivity index (χ4v) is 1.51. The second-order valence-electron chi connectivity index (χ2n) is 2.36. The molecule has 0 spiro atoms. The lowest BCUT2D eigenvalue weighted by atomic mass is 10.3. The van der Waals surface area contributed by atoms with Crippen molar-refractivity contribution in [1.82, 2.24) is 0 Å². The maximum absolute atomic E-state index is 12.8. The van der Waals surface area contributed by atoms with Crippen LogP contribution in [0.5, 0.6) is 5.75 Å². The SMILES string of the molecule is CS(=O)(=O)c1ccc([O])cc1F. The Labute approximate surface area is 69.4 Å². The van der Waals surface area contributed by atoms with Gasteiger partial charge in [0.15, 0.2) is 15.6 Å². The average Bonchev–Trinajstić information content (AvgIpc) is 1.83. The zero-order valence-electron chi connectivity index (χ0n) is 6.24. The van der Waals surface area contributed by atoms with Crippen LogP contribution in [-0.2, 0) is 14.9 Å².